The van der Waals surface area contributed by atoms with Crippen molar-refractivity contribution in [3.05, 3.63) is 54.1 Å². The predicted octanol–water partition coefficient (Wildman–Crippen LogP) is 7.61. The first-order valence-corrected chi connectivity index (χ1v) is 19.4. The Bertz CT molecular complexity index is 1270. The van der Waals surface area contributed by atoms with E-state index in [0.717, 1.165) is 62.5 Å². The Morgan fingerprint density at radius 1 is 0.891 bits per heavy atom. The van der Waals surface area contributed by atoms with E-state index in [2.05, 4.69) is 40.9 Å². The van der Waals surface area contributed by atoms with Crippen LogP contribution in [0.25, 0.3) is 0 Å². The normalized spacial score (nSPS) is 34.8. The Morgan fingerprint density at radius 3 is 2.26 bits per heavy atom. The molecule has 10 atom stereocenters. The van der Waals surface area contributed by atoms with E-state index in [4.69, 9.17) is 23.7 Å². The first kappa shape index (κ1) is 35.7. The van der Waals surface area contributed by atoms with Gasteiger partial charge in [-0.15, -0.1) is 0 Å². The zero-order valence-corrected chi connectivity index (χ0v) is 29.6. The average Bonchev–Trinajstić information content (AvgIpc) is 3.74. The Morgan fingerprint density at radius 2 is 1.57 bits per heavy atom. The standard InChI is InChI=1S/C38H58O7S/c1-8-24(2)19-35-29(7)33(23-46(39,40)32-13-9-25(3)10-14-32)37(45-35)22-36-28(6)26(4)20-30(44-36)11-15-34-27(5)21-31(43-34)12-16-38-41-17-18-42-38/h9-10,13-14,24,26,29-31,33-38H,5-6,8,11-12,15-23H2,1-4,7H3/t24-,26-,29-,30+,31+,33-,34+,35-,36-,37+/m1/s1. The molecule has 4 fully saturated rings. The smallest absolute Gasteiger partial charge is 0.178 e. The summed E-state index contributed by atoms with van der Waals surface area (Å²) >= 11 is 0. The SMILES string of the molecule is C=C1C[C@H](CCC2OCCO2)O[C@H]1CC[C@H]1C[C@@H](C)C(=C)[C@@H](C[C@@H]2O[C@H](C[C@H](C)CC)[C@H](C)[C@H]2CS(=O)(=O)c2ccc(C)cc2)O1. The summed E-state index contributed by atoms with van der Waals surface area (Å²) in [5.74, 6) is 0.940. The largest absolute Gasteiger partial charge is 0.374 e. The van der Waals surface area contributed by atoms with Crippen molar-refractivity contribution in [2.75, 3.05) is 19.0 Å². The fraction of sp³-hybridized carbons (Fsp3) is 0.737. The van der Waals surface area contributed by atoms with Crippen molar-refractivity contribution in [1.29, 1.82) is 0 Å². The number of rotatable bonds is 14. The molecule has 5 rings (SSSR count). The lowest BCUT2D eigenvalue weighted by atomic mass is 9.81. The number of sulfone groups is 1. The summed E-state index contributed by atoms with van der Waals surface area (Å²) < 4.78 is 58.5. The van der Waals surface area contributed by atoms with Crippen LogP contribution in [-0.2, 0) is 33.5 Å². The Labute approximate surface area is 278 Å². The van der Waals surface area contributed by atoms with Gasteiger partial charge in [-0.25, -0.2) is 8.42 Å². The average molecular weight is 659 g/mol. The van der Waals surface area contributed by atoms with Crippen LogP contribution in [0.5, 0.6) is 0 Å². The van der Waals surface area contributed by atoms with Crippen LogP contribution in [0.2, 0.25) is 0 Å². The van der Waals surface area contributed by atoms with Crippen molar-refractivity contribution in [2.45, 2.75) is 140 Å². The van der Waals surface area contributed by atoms with Gasteiger partial charge in [0.2, 0.25) is 0 Å². The summed E-state index contributed by atoms with van der Waals surface area (Å²) in [6, 6.07) is 7.22. The first-order chi connectivity index (χ1) is 21.9. The van der Waals surface area contributed by atoms with Crippen LogP contribution in [0.15, 0.2) is 53.5 Å². The highest BCUT2D eigenvalue weighted by Gasteiger charge is 2.46. The Balaban J connectivity index is 1.21. The quantitative estimate of drug-likeness (QED) is 0.190. The van der Waals surface area contributed by atoms with Crippen LogP contribution >= 0.6 is 0 Å². The van der Waals surface area contributed by atoms with E-state index in [-0.39, 0.29) is 60.5 Å². The van der Waals surface area contributed by atoms with E-state index in [0.29, 0.717) is 36.4 Å². The summed E-state index contributed by atoms with van der Waals surface area (Å²) in [4.78, 5) is 0.389. The topological polar surface area (TPSA) is 80.3 Å². The molecule has 4 aliphatic heterocycles. The number of aryl methyl sites for hydroxylation is 1. The summed E-state index contributed by atoms with van der Waals surface area (Å²) in [6.07, 6.45) is 7.88. The van der Waals surface area contributed by atoms with Crippen LogP contribution in [0.4, 0.5) is 0 Å². The third-order valence-corrected chi connectivity index (χ3v) is 13.0. The third-order valence-electron chi connectivity index (χ3n) is 11.1. The van der Waals surface area contributed by atoms with Gasteiger partial charge in [0.05, 0.1) is 60.5 Å². The molecule has 0 unspecified atom stereocenters. The van der Waals surface area contributed by atoms with Crippen molar-refractivity contribution in [3.8, 4) is 0 Å². The number of hydrogen-bond donors (Lipinski definition) is 0. The van der Waals surface area contributed by atoms with E-state index in [1.165, 1.54) is 5.57 Å². The van der Waals surface area contributed by atoms with Crippen molar-refractivity contribution in [3.63, 3.8) is 0 Å². The Hall–Kier alpha value is -1.55. The molecule has 0 amide bonds. The van der Waals surface area contributed by atoms with Crippen molar-refractivity contribution < 1.29 is 32.1 Å². The second-order valence-corrected chi connectivity index (χ2v) is 16.7. The lowest BCUT2D eigenvalue weighted by Gasteiger charge is -2.38. The van der Waals surface area contributed by atoms with E-state index in [1.54, 1.807) is 12.1 Å². The highest BCUT2D eigenvalue weighted by atomic mass is 32.2. The maximum atomic E-state index is 13.7. The van der Waals surface area contributed by atoms with Gasteiger partial charge in [-0.1, -0.05) is 65.0 Å². The fourth-order valence-corrected chi connectivity index (χ4v) is 9.57. The first-order valence-electron chi connectivity index (χ1n) is 17.8. The molecular formula is C38H58O7S. The molecule has 1 aromatic carbocycles. The van der Waals surface area contributed by atoms with Crippen molar-refractivity contribution >= 4 is 9.84 Å². The van der Waals surface area contributed by atoms with Crippen LogP contribution < -0.4 is 0 Å². The maximum Gasteiger partial charge on any atom is 0.178 e. The maximum absolute atomic E-state index is 13.7. The van der Waals surface area contributed by atoms with Gasteiger partial charge >= 0.3 is 0 Å². The predicted molar refractivity (Wildman–Crippen MR) is 181 cm³/mol. The highest BCUT2D eigenvalue weighted by molar-refractivity contribution is 7.91. The monoisotopic (exact) mass is 658 g/mol. The molecule has 0 radical (unpaired) electrons. The molecule has 0 N–H and O–H groups in total. The highest BCUT2D eigenvalue weighted by Crippen LogP contribution is 2.43. The van der Waals surface area contributed by atoms with Gasteiger partial charge in [-0.05, 0) is 86.5 Å². The van der Waals surface area contributed by atoms with Crippen LogP contribution in [0.1, 0.15) is 91.0 Å². The van der Waals surface area contributed by atoms with Crippen molar-refractivity contribution in [1.82, 2.24) is 0 Å². The van der Waals surface area contributed by atoms with Crippen LogP contribution in [0.3, 0.4) is 0 Å². The van der Waals surface area contributed by atoms with E-state index >= 15 is 0 Å². The van der Waals surface area contributed by atoms with E-state index in [1.807, 2.05) is 19.1 Å². The van der Waals surface area contributed by atoms with Gasteiger partial charge in [0, 0.05) is 18.8 Å². The molecule has 4 aliphatic rings. The Kier molecular flexibility index (Phi) is 12.3. The summed E-state index contributed by atoms with van der Waals surface area (Å²) in [7, 11) is -3.48. The second kappa shape index (κ2) is 15.8. The minimum absolute atomic E-state index is 0.0357. The molecule has 4 saturated heterocycles. The molecule has 1 aromatic rings. The molecule has 8 heteroatoms. The van der Waals surface area contributed by atoms with Crippen molar-refractivity contribution in [2.24, 2.45) is 23.7 Å². The van der Waals surface area contributed by atoms with Gasteiger partial charge in [-0.2, -0.15) is 0 Å². The van der Waals surface area contributed by atoms with Gasteiger partial charge in [0.1, 0.15) is 0 Å². The third kappa shape index (κ3) is 8.91. The summed E-state index contributed by atoms with van der Waals surface area (Å²) in [5, 5.41) is 0. The van der Waals surface area contributed by atoms with Gasteiger partial charge < -0.3 is 23.7 Å². The molecule has 0 aromatic heterocycles. The van der Waals surface area contributed by atoms with Crippen LogP contribution in [0, 0.1) is 30.6 Å². The summed E-state index contributed by atoms with van der Waals surface area (Å²) in [5.41, 5.74) is 3.31. The number of ether oxygens (including phenoxy) is 5. The lowest BCUT2D eigenvalue weighted by Crippen LogP contribution is -2.38. The molecule has 0 bridgehead atoms. The number of benzene rings is 1. The van der Waals surface area contributed by atoms with Gasteiger partial charge in [-0.3, -0.25) is 0 Å². The zero-order chi connectivity index (χ0) is 33.0. The van der Waals surface area contributed by atoms with Gasteiger partial charge in [0.25, 0.3) is 0 Å². The summed E-state index contributed by atoms with van der Waals surface area (Å²) in [6.45, 7) is 21.0. The van der Waals surface area contributed by atoms with E-state index < -0.39 is 9.84 Å². The molecular weight excluding hydrogens is 600 g/mol. The van der Waals surface area contributed by atoms with Crippen LogP contribution in [-0.4, -0.2) is 70.3 Å². The lowest BCUT2D eigenvalue weighted by molar-refractivity contribution is -0.0752. The van der Waals surface area contributed by atoms with Gasteiger partial charge in [0.15, 0.2) is 16.1 Å². The molecule has 258 valence electrons. The zero-order valence-electron chi connectivity index (χ0n) is 28.8. The second-order valence-electron chi connectivity index (χ2n) is 14.7. The molecule has 7 nitrogen and oxygen atoms in total. The minimum atomic E-state index is -3.48. The molecule has 4 heterocycles. The van der Waals surface area contributed by atoms with E-state index in [9.17, 15) is 8.42 Å². The molecule has 0 aliphatic carbocycles. The fourth-order valence-electron chi connectivity index (χ4n) is 7.80. The molecule has 0 spiro atoms. The molecule has 46 heavy (non-hydrogen) atoms. The number of hydrogen-bond acceptors (Lipinski definition) is 7. The molecule has 0 saturated carbocycles. The minimum Gasteiger partial charge on any atom is -0.374 e.